The van der Waals surface area contributed by atoms with E-state index in [9.17, 15) is 4.79 Å². The number of hydrogen-bond donors (Lipinski definition) is 0. The van der Waals surface area contributed by atoms with Crippen molar-refractivity contribution >= 4 is 16.9 Å². The average Bonchev–Trinajstić information content (AvgIpc) is 3.06. The van der Waals surface area contributed by atoms with Crippen molar-refractivity contribution in [3.63, 3.8) is 0 Å². The third-order valence-corrected chi connectivity index (χ3v) is 7.33. The Labute approximate surface area is 141 Å². The highest BCUT2D eigenvalue weighted by molar-refractivity contribution is 5.90. The summed E-state index contributed by atoms with van der Waals surface area (Å²) in [7, 11) is 0. The van der Waals surface area contributed by atoms with Crippen molar-refractivity contribution in [2.24, 2.45) is 16.7 Å². The molecule has 0 spiro atoms. The monoisotopic (exact) mass is 323 g/mol. The van der Waals surface area contributed by atoms with Gasteiger partial charge in [-0.3, -0.25) is 4.98 Å². The number of pyridine rings is 1. The Morgan fingerprint density at radius 1 is 1.29 bits per heavy atom. The van der Waals surface area contributed by atoms with Gasteiger partial charge in [-0.1, -0.05) is 32.0 Å². The summed E-state index contributed by atoms with van der Waals surface area (Å²) < 4.78 is 12.0. The molecule has 4 atom stereocenters. The van der Waals surface area contributed by atoms with Crippen molar-refractivity contribution in [1.29, 1.82) is 0 Å². The lowest BCUT2D eigenvalue weighted by Crippen LogP contribution is -2.52. The molecule has 2 heterocycles. The number of hydrogen-bond acceptors (Lipinski definition) is 4. The van der Waals surface area contributed by atoms with E-state index < -0.39 is 5.60 Å². The zero-order chi connectivity index (χ0) is 16.6. The number of aromatic nitrogens is 1. The van der Waals surface area contributed by atoms with E-state index >= 15 is 0 Å². The van der Waals surface area contributed by atoms with Crippen LogP contribution in [0.15, 0.2) is 36.5 Å². The molecule has 2 saturated carbocycles. The van der Waals surface area contributed by atoms with Gasteiger partial charge >= 0.3 is 5.97 Å². The summed E-state index contributed by atoms with van der Waals surface area (Å²) in [6, 6.07) is 9.54. The van der Waals surface area contributed by atoms with E-state index in [-0.39, 0.29) is 16.8 Å². The van der Waals surface area contributed by atoms with Crippen LogP contribution >= 0.6 is 0 Å². The fourth-order valence-corrected chi connectivity index (χ4v) is 5.56. The van der Waals surface area contributed by atoms with Gasteiger partial charge in [0.15, 0.2) is 11.4 Å². The number of esters is 1. The quantitative estimate of drug-likeness (QED) is 0.624. The highest BCUT2D eigenvalue weighted by Gasteiger charge is 2.79. The van der Waals surface area contributed by atoms with Gasteiger partial charge in [0, 0.05) is 22.4 Å². The predicted molar refractivity (Wildman–Crippen MR) is 89.6 cm³/mol. The Morgan fingerprint density at radius 2 is 2.12 bits per heavy atom. The molecule has 1 aliphatic heterocycles. The van der Waals surface area contributed by atoms with Gasteiger partial charge in [-0.15, -0.1) is 0 Å². The standard InChI is InChI=1S/C20H21NO3/c1-18-12-23-20(11-14(18)8-9-19(18,20)2)17(22)24-15-7-3-5-13-6-4-10-21-16(13)15/h3-7,10,14H,8-9,11-12H2,1-2H3. The Morgan fingerprint density at radius 3 is 2.92 bits per heavy atom. The second kappa shape index (κ2) is 4.37. The molecule has 3 aliphatic rings. The van der Waals surface area contributed by atoms with Gasteiger partial charge in [0.2, 0.25) is 0 Å². The van der Waals surface area contributed by atoms with Crippen molar-refractivity contribution in [2.75, 3.05) is 6.61 Å². The lowest BCUT2D eigenvalue weighted by Gasteiger charge is -2.38. The summed E-state index contributed by atoms with van der Waals surface area (Å²) in [4.78, 5) is 17.6. The van der Waals surface area contributed by atoms with Crippen LogP contribution in [0.5, 0.6) is 5.75 Å². The van der Waals surface area contributed by atoms with Crippen LogP contribution in [0.2, 0.25) is 0 Å². The second-order valence-electron chi connectivity index (χ2n) is 8.03. The molecule has 0 radical (unpaired) electrons. The molecule has 0 N–H and O–H groups in total. The molecule has 4 heteroatoms. The molecule has 1 saturated heterocycles. The normalized spacial score (nSPS) is 39.5. The number of rotatable bonds is 2. The van der Waals surface area contributed by atoms with Gasteiger partial charge < -0.3 is 9.47 Å². The molecule has 5 rings (SSSR count). The first-order chi connectivity index (χ1) is 11.5. The lowest BCUT2D eigenvalue weighted by atomic mass is 9.66. The number of fused-ring (bicyclic) bond motifs is 1. The third kappa shape index (κ3) is 1.44. The van der Waals surface area contributed by atoms with Crippen LogP contribution in [0, 0.1) is 16.7 Å². The zero-order valence-corrected chi connectivity index (χ0v) is 14.0. The van der Waals surface area contributed by atoms with Gasteiger partial charge in [-0.05, 0) is 37.3 Å². The molecule has 2 aromatic rings. The molecule has 124 valence electrons. The maximum atomic E-state index is 13.2. The van der Waals surface area contributed by atoms with Gasteiger partial charge in [0.1, 0.15) is 5.52 Å². The lowest BCUT2D eigenvalue weighted by molar-refractivity contribution is -0.171. The van der Waals surface area contributed by atoms with Crippen molar-refractivity contribution in [1.82, 2.24) is 4.98 Å². The number of nitrogens with zero attached hydrogens (tertiary/aromatic N) is 1. The summed E-state index contributed by atoms with van der Waals surface area (Å²) in [6.07, 6.45) is 4.75. The number of para-hydroxylation sites is 1. The molecule has 1 aromatic carbocycles. The molecule has 4 nitrogen and oxygen atoms in total. The Kier molecular flexibility index (Phi) is 2.62. The SMILES string of the molecule is CC12COC3(C(=O)Oc4cccc5cccnc45)CC1CCC32C. The van der Waals surface area contributed by atoms with Crippen LogP contribution in [-0.4, -0.2) is 23.2 Å². The minimum absolute atomic E-state index is 0.100. The Hall–Kier alpha value is -1.94. The van der Waals surface area contributed by atoms with Crippen LogP contribution in [0.25, 0.3) is 10.9 Å². The van der Waals surface area contributed by atoms with Crippen molar-refractivity contribution in [3.8, 4) is 5.75 Å². The zero-order valence-electron chi connectivity index (χ0n) is 14.0. The van der Waals surface area contributed by atoms with Crippen molar-refractivity contribution in [2.45, 2.75) is 38.7 Å². The van der Waals surface area contributed by atoms with E-state index in [0.29, 0.717) is 18.3 Å². The molecule has 4 bridgehead atoms. The van der Waals surface area contributed by atoms with E-state index in [2.05, 4.69) is 18.8 Å². The van der Waals surface area contributed by atoms with Crippen LogP contribution in [0.3, 0.4) is 0 Å². The van der Waals surface area contributed by atoms with Crippen LogP contribution < -0.4 is 4.74 Å². The summed E-state index contributed by atoms with van der Waals surface area (Å²) in [6.45, 7) is 5.17. The minimum Gasteiger partial charge on any atom is -0.422 e. The fourth-order valence-electron chi connectivity index (χ4n) is 5.56. The number of benzene rings is 1. The predicted octanol–water partition coefficient (Wildman–Crippen LogP) is 3.74. The van der Waals surface area contributed by atoms with Crippen molar-refractivity contribution < 1.29 is 14.3 Å². The van der Waals surface area contributed by atoms with E-state index in [1.807, 2.05) is 30.3 Å². The fraction of sp³-hybridized carbons (Fsp3) is 0.500. The van der Waals surface area contributed by atoms with Gasteiger partial charge in [-0.25, -0.2) is 4.79 Å². The third-order valence-electron chi connectivity index (χ3n) is 7.33. The molecule has 0 amide bonds. The average molecular weight is 323 g/mol. The van der Waals surface area contributed by atoms with E-state index in [1.165, 1.54) is 6.42 Å². The summed E-state index contributed by atoms with van der Waals surface area (Å²) in [5.41, 5.74) is -0.0940. The van der Waals surface area contributed by atoms with Gasteiger partial charge in [-0.2, -0.15) is 0 Å². The topological polar surface area (TPSA) is 48.4 Å². The molecular formula is C20H21NO3. The van der Waals surface area contributed by atoms with Crippen LogP contribution in [0.4, 0.5) is 0 Å². The molecule has 4 unspecified atom stereocenters. The number of carbonyl (C=O) groups is 1. The minimum atomic E-state index is -0.790. The first-order valence-corrected chi connectivity index (χ1v) is 8.70. The smallest absolute Gasteiger partial charge is 0.344 e. The summed E-state index contributed by atoms with van der Waals surface area (Å²) in [5.74, 6) is 0.847. The Balaban J connectivity index is 1.54. The first-order valence-electron chi connectivity index (χ1n) is 8.70. The maximum absolute atomic E-state index is 13.2. The van der Waals surface area contributed by atoms with Crippen LogP contribution in [-0.2, 0) is 9.53 Å². The van der Waals surface area contributed by atoms with E-state index in [4.69, 9.17) is 9.47 Å². The van der Waals surface area contributed by atoms with E-state index in [1.54, 1.807) is 6.20 Å². The van der Waals surface area contributed by atoms with E-state index in [0.717, 1.165) is 23.7 Å². The maximum Gasteiger partial charge on any atom is 0.344 e. The number of ether oxygens (including phenoxy) is 2. The van der Waals surface area contributed by atoms with Gasteiger partial charge in [0.25, 0.3) is 0 Å². The molecule has 2 aliphatic carbocycles. The van der Waals surface area contributed by atoms with Gasteiger partial charge in [0.05, 0.1) is 6.61 Å². The number of carbonyl (C=O) groups excluding carboxylic acids is 1. The van der Waals surface area contributed by atoms with Crippen molar-refractivity contribution in [3.05, 3.63) is 36.5 Å². The molecule has 1 aromatic heterocycles. The molecule has 24 heavy (non-hydrogen) atoms. The Bertz CT molecular complexity index is 860. The summed E-state index contributed by atoms with van der Waals surface area (Å²) >= 11 is 0. The highest BCUT2D eigenvalue weighted by Crippen LogP contribution is 2.75. The molecular weight excluding hydrogens is 302 g/mol. The summed E-state index contributed by atoms with van der Waals surface area (Å²) in [5, 5.41) is 0.969. The largest absolute Gasteiger partial charge is 0.422 e. The van der Waals surface area contributed by atoms with Crippen LogP contribution in [0.1, 0.15) is 33.1 Å². The molecule has 3 fully saturated rings. The highest BCUT2D eigenvalue weighted by atomic mass is 16.6. The first kappa shape index (κ1) is 14.4. The second-order valence-corrected chi connectivity index (χ2v) is 8.03.